The predicted molar refractivity (Wildman–Crippen MR) is 81.3 cm³/mol. The lowest BCUT2D eigenvalue weighted by atomic mass is 9.73. The highest BCUT2D eigenvalue weighted by molar-refractivity contribution is 8.03. The number of rotatable bonds is 5. The van der Waals surface area contributed by atoms with Crippen LogP contribution in [-0.4, -0.2) is 5.25 Å². The molecule has 0 nitrogen and oxygen atoms in total. The summed E-state index contributed by atoms with van der Waals surface area (Å²) in [4.78, 5) is 1.28. The highest BCUT2D eigenvalue weighted by Gasteiger charge is 2.33. The van der Waals surface area contributed by atoms with E-state index < -0.39 is 0 Å². The van der Waals surface area contributed by atoms with Crippen molar-refractivity contribution < 1.29 is 0 Å². The average molecular weight is 252 g/mol. The van der Waals surface area contributed by atoms with Crippen molar-refractivity contribution in [3.05, 3.63) is 23.6 Å². The number of allylic oxidation sites excluding steroid dienone is 3. The Bertz CT molecular complexity index is 267. The number of hydrogen-bond donors (Lipinski definition) is 0. The zero-order chi connectivity index (χ0) is 12.8. The second-order valence-corrected chi connectivity index (χ2v) is 7.07. The van der Waals surface area contributed by atoms with Crippen LogP contribution in [0.2, 0.25) is 0 Å². The Morgan fingerprint density at radius 2 is 2.12 bits per heavy atom. The van der Waals surface area contributed by atoms with Crippen molar-refractivity contribution in [3.63, 3.8) is 0 Å². The Hall–Kier alpha value is -0.170. The summed E-state index contributed by atoms with van der Waals surface area (Å²) in [6.07, 6.45) is 10.2. The van der Waals surface area contributed by atoms with Crippen LogP contribution in [0.25, 0.3) is 0 Å². The molecule has 0 aromatic carbocycles. The predicted octanol–water partition coefficient (Wildman–Crippen LogP) is 5.66. The van der Waals surface area contributed by atoms with Gasteiger partial charge < -0.3 is 0 Å². The molecule has 1 fully saturated rings. The Morgan fingerprint density at radius 1 is 1.41 bits per heavy atom. The Balaban J connectivity index is 2.70. The van der Waals surface area contributed by atoms with Crippen LogP contribution in [0.3, 0.4) is 0 Å². The summed E-state index contributed by atoms with van der Waals surface area (Å²) in [5, 5.41) is 0.777. The van der Waals surface area contributed by atoms with Gasteiger partial charge in [0.1, 0.15) is 0 Å². The lowest BCUT2D eigenvalue weighted by Gasteiger charge is -2.39. The zero-order valence-electron chi connectivity index (χ0n) is 11.9. The Kier molecular flexibility index (Phi) is 6.40. The third kappa shape index (κ3) is 4.54. The van der Waals surface area contributed by atoms with E-state index in [1.54, 1.807) is 0 Å². The highest BCUT2D eigenvalue weighted by atomic mass is 32.2. The molecule has 3 unspecified atom stereocenters. The number of hydrogen-bond acceptors (Lipinski definition) is 1. The zero-order valence-corrected chi connectivity index (χ0v) is 12.7. The maximum Gasteiger partial charge on any atom is 0.0125 e. The van der Waals surface area contributed by atoms with Crippen LogP contribution in [-0.2, 0) is 0 Å². The van der Waals surface area contributed by atoms with Crippen molar-refractivity contribution in [2.45, 2.75) is 58.6 Å². The van der Waals surface area contributed by atoms with Gasteiger partial charge in [-0.15, -0.1) is 11.8 Å². The van der Waals surface area contributed by atoms with Crippen molar-refractivity contribution in [1.82, 2.24) is 0 Å². The van der Waals surface area contributed by atoms with Gasteiger partial charge in [0.15, 0.2) is 0 Å². The molecule has 0 N–H and O–H groups in total. The summed E-state index contributed by atoms with van der Waals surface area (Å²) < 4.78 is 0. The molecule has 0 aliphatic heterocycles. The van der Waals surface area contributed by atoms with Crippen molar-refractivity contribution >= 4 is 11.8 Å². The van der Waals surface area contributed by atoms with Gasteiger partial charge in [0.25, 0.3) is 0 Å². The molecule has 0 saturated heterocycles. The van der Waals surface area contributed by atoms with Crippen molar-refractivity contribution in [2.75, 3.05) is 0 Å². The lowest BCUT2D eigenvalue weighted by Crippen LogP contribution is -2.32. The van der Waals surface area contributed by atoms with E-state index in [9.17, 15) is 0 Å². The van der Waals surface area contributed by atoms with E-state index in [0.29, 0.717) is 0 Å². The molecule has 1 aliphatic carbocycles. The second-order valence-electron chi connectivity index (χ2n) is 5.53. The van der Waals surface area contributed by atoms with Gasteiger partial charge in [-0.2, -0.15) is 0 Å². The Labute approximate surface area is 112 Å². The molecule has 0 spiro atoms. The van der Waals surface area contributed by atoms with E-state index in [0.717, 1.165) is 23.0 Å². The molecular weight excluding hydrogens is 224 g/mol. The summed E-state index contributed by atoms with van der Waals surface area (Å²) in [5.41, 5.74) is 0. The van der Waals surface area contributed by atoms with E-state index in [1.165, 1.54) is 30.6 Å². The van der Waals surface area contributed by atoms with Crippen LogP contribution in [0.5, 0.6) is 0 Å². The van der Waals surface area contributed by atoms with Crippen molar-refractivity contribution in [3.8, 4) is 0 Å². The van der Waals surface area contributed by atoms with Gasteiger partial charge in [-0.05, 0) is 49.3 Å². The second kappa shape index (κ2) is 7.31. The fraction of sp³-hybridized carbons (Fsp3) is 0.750. The molecule has 1 aliphatic rings. The maximum atomic E-state index is 4.07. The minimum atomic E-state index is 0.777. The lowest BCUT2D eigenvalue weighted by molar-refractivity contribution is 0.229. The van der Waals surface area contributed by atoms with Gasteiger partial charge in [-0.25, -0.2) is 0 Å². The molecule has 98 valence electrons. The monoisotopic (exact) mass is 252 g/mol. The van der Waals surface area contributed by atoms with Gasteiger partial charge in [0.05, 0.1) is 0 Å². The van der Waals surface area contributed by atoms with E-state index in [4.69, 9.17) is 0 Å². The summed E-state index contributed by atoms with van der Waals surface area (Å²) >= 11 is 2.01. The van der Waals surface area contributed by atoms with E-state index in [-0.39, 0.29) is 0 Å². The van der Waals surface area contributed by atoms with Gasteiger partial charge in [-0.3, -0.25) is 0 Å². The van der Waals surface area contributed by atoms with Gasteiger partial charge in [0, 0.05) is 5.25 Å². The molecule has 0 radical (unpaired) electrons. The minimum absolute atomic E-state index is 0.777. The fourth-order valence-electron chi connectivity index (χ4n) is 3.07. The summed E-state index contributed by atoms with van der Waals surface area (Å²) in [6.45, 7) is 13.1. The quantitative estimate of drug-likeness (QED) is 0.569. The molecular formula is C16H28S. The fourth-order valence-corrected chi connectivity index (χ4v) is 4.38. The van der Waals surface area contributed by atoms with E-state index >= 15 is 0 Å². The Morgan fingerprint density at radius 3 is 2.65 bits per heavy atom. The van der Waals surface area contributed by atoms with Gasteiger partial charge in [-0.1, -0.05) is 45.4 Å². The van der Waals surface area contributed by atoms with Crippen LogP contribution < -0.4 is 0 Å². The van der Waals surface area contributed by atoms with Crippen LogP contribution >= 0.6 is 11.8 Å². The smallest absolute Gasteiger partial charge is 0.0125 e. The van der Waals surface area contributed by atoms with Gasteiger partial charge in [0.2, 0.25) is 0 Å². The van der Waals surface area contributed by atoms with Crippen molar-refractivity contribution in [2.24, 2.45) is 17.8 Å². The van der Waals surface area contributed by atoms with E-state index in [1.807, 2.05) is 11.8 Å². The molecule has 17 heavy (non-hydrogen) atoms. The molecule has 1 heteroatoms. The normalized spacial score (nSPS) is 34.1. The first-order chi connectivity index (χ1) is 8.08. The van der Waals surface area contributed by atoms with E-state index in [2.05, 4.69) is 46.4 Å². The van der Waals surface area contributed by atoms with Crippen LogP contribution in [0, 0.1) is 17.8 Å². The molecule has 0 heterocycles. The maximum absolute atomic E-state index is 4.07. The standard InChI is InChI=1S/C16H28S/c1-6-8-14-10-15(9-7-2)13(5)16(11-14)17-12(3)4/h7,9,13-16H,3,6,8,10-11H2,1-2,4-5H3/b9-7+/t13-,14?,15?,16?/m1/s1. The highest BCUT2D eigenvalue weighted by Crippen LogP contribution is 2.43. The molecule has 1 saturated carbocycles. The molecule has 1 rings (SSSR count). The first-order valence-electron chi connectivity index (χ1n) is 7.03. The summed E-state index contributed by atoms with van der Waals surface area (Å²) in [5.74, 6) is 2.50. The SMILES string of the molecule is C=C(C)SC1CC(CCC)CC(/C=C/C)[C@H]1C. The molecule has 0 aromatic rings. The summed E-state index contributed by atoms with van der Waals surface area (Å²) in [7, 11) is 0. The molecule has 0 amide bonds. The van der Waals surface area contributed by atoms with Crippen molar-refractivity contribution in [1.29, 1.82) is 0 Å². The van der Waals surface area contributed by atoms with Crippen LogP contribution in [0.15, 0.2) is 23.6 Å². The number of thioether (sulfide) groups is 1. The first-order valence-corrected chi connectivity index (χ1v) is 7.91. The third-order valence-corrected chi connectivity index (χ3v) is 5.25. The van der Waals surface area contributed by atoms with Gasteiger partial charge >= 0.3 is 0 Å². The topological polar surface area (TPSA) is 0 Å². The minimum Gasteiger partial charge on any atom is -0.128 e. The van der Waals surface area contributed by atoms with Crippen LogP contribution in [0.1, 0.15) is 53.4 Å². The third-order valence-electron chi connectivity index (χ3n) is 3.92. The summed E-state index contributed by atoms with van der Waals surface area (Å²) in [6, 6.07) is 0. The largest absolute Gasteiger partial charge is 0.128 e. The molecule has 0 aromatic heterocycles. The molecule has 4 atom stereocenters. The molecule has 0 bridgehead atoms. The average Bonchev–Trinajstić information content (AvgIpc) is 2.24. The van der Waals surface area contributed by atoms with Crippen LogP contribution in [0.4, 0.5) is 0 Å². The first kappa shape index (κ1) is 14.9.